The predicted molar refractivity (Wildman–Crippen MR) is 55.3 cm³/mol. The summed E-state index contributed by atoms with van der Waals surface area (Å²) >= 11 is 0. The summed E-state index contributed by atoms with van der Waals surface area (Å²) in [6, 6.07) is 4.68. The summed E-state index contributed by atoms with van der Waals surface area (Å²) in [7, 11) is 0. The number of benzene rings is 1. The second-order valence-electron chi connectivity index (χ2n) is 3.81. The first-order valence-corrected chi connectivity index (χ1v) is 4.94. The highest BCUT2D eigenvalue weighted by Crippen LogP contribution is 2.10. The fraction of sp³-hybridized carbons (Fsp3) is 0.364. The van der Waals surface area contributed by atoms with Gasteiger partial charge >= 0.3 is 0 Å². The van der Waals surface area contributed by atoms with Crippen molar-refractivity contribution in [2.24, 2.45) is 0 Å². The van der Waals surface area contributed by atoms with Crippen LogP contribution in [0.25, 0.3) is 0 Å². The molecule has 1 fully saturated rings. The van der Waals surface area contributed by atoms with E-state index < -0.39 is 5.82 Å². The zero-order chi connectivity index (χ0) is 10.8. The van der Waals surface area contributed by atoms with Crippen molar-refractivity contribution in [1.82, 2.24) is 10.6 Å². The van der Waals surface area contributed by atoms with Crippen LogP contribution in [0.3, 0.4) is 0 Å². The Morgan fingerprint density at radius 3 is 2.87 bits per heavy atom. The summed E-state index contributed by atoms with van der Waals surface area (Å²) < 4.78 is 13.3. The van der Waals surface area contributed by atoms with Gasteiger partial charge < -0.3 is 10.6 Å². The van der Waals surface area contributed by atoms with Gasteiger partial charge in [-0.1, -0.05) is 11.6 Å². The largest absolute Gasteiger partial charge is 0.347 e. The van der Waals surface area contributed by atoms with Crippen molar-refractivity contribution >= 4 is 5.91 Å². The fourth-order valence-electron chi connectivity index (χ4n) is 1.47. The summed E-state index contributed by atoms with van der Waals surface area (Å²) in [5.74, 6) is -0.798. The molecule has 0 aromatic heterocycles. The van der Waals surface area contributed by atoms with Gasteiger partial charge in [0.1, 0.15) is 5.82 Å². The Morgan fingerprint density at radius 2 is 2.27 bits per heavy atom. The molecule has 1 aromatic rings. The number of hydrogen-bond acceptors (Lipinski definition) is 2. The molecule has 2 N–H and O–H groups in total. The van der Waals surface area contributed by atoms with Gasteiger partial charge in [-0.3, -0.25) is 4.79 Å². The van der Waals surface area contributed by atoms with E-state index >= 15 is 0 Å². The molecule has 1 aromatic carbocycles. The highest BCUT2D eigenvalue weighted by atomic mass is 19.1. The second-order valence-corrected chi connectivity index (χ2v) is 3.81. The van der Waals surface area contributed by atoms with Crippen LogP contribution < -0.4 is 10.6 Å². The number of aryl methyl sites for hydroxylation is 1. The maximum atomic E-state index is 13.3. The molecule has 3 nitrogen and oxygen atoms in total. The fourth-order valence-corrected chi connectivity index (χ4v) is 1.47. The van der Waals surface area contributed by atoms with Gasteiger partial charge in [-0.15, -0.1) is 0 Å². The Kier molecular flexibility index (Phi) is 2.68. The lowest BCUT2D eigenvalue weighted by molar-refractivity contribution is 0.0919. The van der Waals surface area contributed by atoms with Gasteiger partial charge in [-0.2, -0.15) is 0 Å². The Morgan fingerprint density at radius 1 is 1.53 bits per heavy atom. The third-order valence-corrected chi connectivity index (χ3v) is 2.48. The summed E-state index contributed by atoms with van der Waals surface area (Å²) in [4.78, 5) is 11.6. The standard InChI is InChI=1S/C11H13FN2O/c1-7-2-3-10(12)9(4-7)11(15)14-8-5-13-6-8/h2-4,8,13H,5-6H2,1H3,(H,14,15). The van der Waals surface area contributed by atoms with E-state index in [1.54, 1.807) is 12.1 Å². The van der Waals surface area contributed by atoms with E-state index in [2.05, 4.69) is 10.6 Å². The first kappa shape index (κ1) is 10.1. The van der Waals surface area contributed by atoms with Crippen molar-refractivity contribution in [3.8, 4) is 0 Å². The molecule has 1 heterocycles. The third kappa shape index (κ3) is 2.15. The molecule has 2 rings (SSSR count). The zero-order valence-electron chi connectivity index (χ0n) is 8.51. The Bertz CT molecular complexity index is 388. The summed E-state index contributed by atoms with van der Waals surface area (Å²) in [6.07, 6.45) is 0. The van der Waals surface area contributed by atoms with Gasteiger partial charge in [0.2, 0.25) is 0 Å². The first-order chi connectivity index (χ1) is 7.16. The van der Waals surface area contributed by atoms with Crippen molar-refractivity contribution in [2.45, 2.75) is 13.0 Å². The van der Waals surface area contributed by atoms with E-state index in [0.717, 1.165) is 18.7 Å². The van der Waals surface area contributed by atoms with E-state index in [4.69, 9.17) is 0 Å². The quantitative estimate of drug-likeness (QED) is 0.756. The molecule has 0 unspecified atom stereocenters. The highest BCUT2D eigenvalue weighted by Gasteiger charge is 2.21. The SMILES string of the molecule is Cc1ccc(F)c(C(=O)NC2CNC2)c1. The topological polar surface area (TPSA) is 41.1 Å². The van der Waals surface area contributed by atoms with Crippen LogP contribution in [-0.2, 0) is 0 Å². The van der Waals surface area contributed by atoms with Crippen molar-refractivity contribution in [3.63, 3.8) is 0 Å². The van der Waals surface area contributed by atoms with Crippen molar-refractivity contribution in [1.29, 1.82) is 0 Å². The van der Waals surface area contributed by atoms with Gasteiger partial charge in [0.05, 0.1) is 11.6 Å². The van der Waals surface area contributed by atoms with E-state index in [-0.39, 0.29) is 17.5 Å². The summed E-state index contributed by atoms with van der Waals surface area (Å²) in [6.45, 7) is 3.36. The Labute approximate surface area is 87.7 Å². The van der Waals surface area contributed by atoms with E-state index in [0.29, 0.717) is 0 Å². The van der Waals surface area contributed by atoms with Crippen LogP contribution >= 0.6 is 0 Å². The molecule has 1 amide bonds. The lowest BCUT2D eigenvalue weighted by atomic mass is 10.1. The molecule has 0 spiro atoms. The van der Waals surface area contributed by atoms with Crippen molar-refractivity contribution in [2.75, 3.05) is 13.1 Å². The molecular weight excluding hydrogens is 195 g/mol. The smallest absolute Gasteiger partial charge is 0.254 e. The predicted octanol–water partition coefficient (Wildman–Crippen LogP) is 0.836. The molecule has 1 saturated heterocycles. The Balaban J connectivity index is 2.12. The van der Waals surface area contributed by atoms with Crippen LogP contribution in [0.1, 0.15) is 15.9 Å². The van der Waals surface area contributed by atoms with Gasteiger partial charge in [0.25, 0.3) is 5.91 Å². The summed E-state index contributed by atoms with van der Waals surface area (Å²) in [5.41, 5.74) is 1.01. The third-order valence-electron chi connectivity index (χ3n) is 2.48. The zero-order valence-corrected chi connectivity index (χ0v) is 8.51. The average Bonchev–Trinajstić information content (AvgIpc) is 2.15. The number of nitrogens with one attached hydrogen (secondary N) is 2. The van der Waals surface area contributed by atoms with Crippen LogP contribution in [0.4, 0.5) is 4.39 Å². The molecular formula is C11H13FN2O. The lowest BCUT2D eigenvalue weighted by Gasteiger charge is -2.28. The van der Waals surface area contributed by atoms with E-state index in [9.17, 15) is 9.18 Å². The molecule has 0 atom stereocenters. The minimum atomic E-state index is -0.467. The van der Waals surface area contributed by atoms with Gasteiger partial charge in [0, 0.05) is 13.1 Å². The highest BCUT2D eigenvalue weighted by molar-refractivity contribution is 5.94. The number of carbonyl (C=O) groups is 1. The lowest BCUT2D eigenvalue weighted by Crippen LogP contribution is -2.57. The van der Waals surface area contributed by atoms with Gasteiger partial charge in [-0.05, 0) is 19.1 Å². The molecule has 1 aliphatic heterocycles. The van der Waals surface area contributed by atoms with Crippen LogP contribution in [0.15, 0.2) is 18.2 Å². The van der Waals surface area contributed by atoms with Crippen LogP contribution in [0.2, 0.25) is 0 Å². The van der Waals surface area contributed by atoms with Crippen molar-refractivity contribution < 1.29 is 9.18 Å². The van der Waals surface area contributed by atoms with Crippen molar-refractivity contribution in [3.05, 3.63) is 35.1 Å². The number of halogens is 1. The van der Waals surface area contributed by atoms with E-state index in [1.165, 1.54) is 6.07 Å². The number of carbonyl (C=O) groups excluding carboxylic acids is 1. The van der Waals surface area contributed by atoms with Crippen LogP contribution in [0, 0.1) is 12.7 Å². The van der Waals surface area contributed by atoms with Gasteiger partial charge in [0.15, 0.2) is 0 Å². The van der Waals surface area contributed by atoms with Crippen LogP contribution in [-0.4, -0.2) is 25.0 Å². The molecule has 0 bridgehead atoms. The molecule has 15 heavy (non-hydrogen) atoms. The second kappa shape index (κ2) is 3.98. The Hall–Kier alpha value is -1.42. The molecule has 1 aliphatic rings. The molecule has 0 radical (unpaired) electrons. The van der Waals surface area contributed by atoms with E-state index in [1.807, 2.05) is 6.92 Å². The molecule has 0 saturated carbocycles. The maximum Gasteiger partial charge on any atom is 0.254 e. The molecule has 80 valence electrons. The average molecular weight is 208 g/mol. The maximum absolute atomic E-state index is 13.3. The molecule has 4 heteroatoms. The summed E-state index contributed by atoms with van der Waals surface area (Å²) in [5, 5.41) is 5.79. The minimum Gasteiger partial charge on any atom is -0.347 e. The number of amides is 1. The van der Waals surface area contributed by atoms with Gasteiger partial charge in [-0.25, -0.2) is 4.39 Å². The van der Waals surface area contributed by atoms with Crippen LogP contribution in [0.5, 0.6) is 0 Å². The number of rotatable bonds is 2. The monoisotopic (exact) mass is 208 g/mol. The molecule has 0 aliphatic carbocycles. The number of hydrogen-bond donors (Lipinski definition) is 2. The first-order valence-electron chi connectivity index (χ1n) is 4.94. The normalized spacial score (nSPS) is 15.9. The minimum absolute atomic E-state index is 0.127.